The van der Waals surface area contributed by atoms with Crippen LogP contribution in [0.5, 0.6) is 11.5 Å². The summed E-state index contributed by atoms with van der Waals surface area (Å²) in [5, 5.41) is 8.74. The van der Waals surface area contributed by atoms with Gasteiger partial charge in [-0.25, -0.2) is 8.42 Å². The van der Waals surface area contributed by atoms with Gasteiger partial charge in [0.15, 0.2) is 0 Å². The quantitative estimate of drug-likeness (QED) is 0.822. The van der Waals surface area contributed by atoms with Gasteiger partial charge < -0.3 is 14.6 Å². The minimum absolute atomic E-state index is 0.00371. The van der Waals surface area contributed by atoms with Crippen LogP contribution >= 0.6 is 10.7 Å². The van der Waals surface area contributed by atoms with Gasteiger partial charge in [0.2, 0.25) is 0 Å². The predicted molar refractivity (Wildman–Crippen MR) is 63.9 cm³/mol. The van der Waals surface area contributed by atoms with Crippen molar-refractivity contribution in [1.29, 1.82) is 0 Å². The average Bonchev–Trinajstić information content (AvgIpc) is 2.26. The number of benzene rings is 1. The predicted octanol–water partition coefficient (Wildman–Crippen LogP) is 1.26. The van der Waals surface area contributed by atoms with E-state index in [1.165, 1.54) is 20.3 Å². The van der Waals surface area contributed by atoms with Gasteiger partial charge in [0.05, 0.1) is 20.6 Å². The van der Waals surface area contributed by atoms with Crippen molar-refractivity contribution in [1.82, 2.24) is 0 Å². The van der Waals surface area contributed by atoms with E-state index in [-0.39, 0.29) is 28.4 Å². The second-order valence-corrected chi connectivity index (χ2v) is 5.86. The van der Waals surface area contributed by atoms with Crippen molar-refractivity contribution in [2.75, 3.05) is 14.2 Å². The molecule has 1 rings (SSSR count). The topological polar surface area (TPSA) is 89.9 Å². The molecule has 0 aliphatic carbocycles. The fourth-order valence-electron chi connectivity index (χ4n) is 1.42. The number of ether oxygens (including phenoxy) is 2. The summed E-state index contributed by atoms with van der Waals surface area (Å²) in [7, 11) is 3.84. The minimum atomic E-state index is -4.03. The van der Waals surface area contributed by atoms with Gasteiger partial charge >= 0.3 is 5.97 Å². The minimum Gasteiger partial charge on any atom is -0.496 e. The zero-order valence-corrected chi connectivity index (χ0v) is 11.2. The number of carbonyl (C=O) groups is 1. The Hall–Kier alpha value is -1.47. The van der Waals surface area contributed by atoms with E-state index in [0.717, 1.165) is 6.07 Å². The van der Waals surface area contributed by atoms with Crippen LogP contribution in [0.1, 0.15) is 5.56 Å². The summed E-state index contributed by atoms with van der Waals surface area (Å²) in [5.41, 5.74) is 0.199. The Morgan fingerprint density at radius 1 is 1.28 bits per heavy atom. The van der Waals surface area contributed by atoms with Crippen LogP contribution < -0.4 is 9.47 Å². The molecule has 0 aliphatic heterocycles. The number of aliphatic carboxylic acids is 1. The zero-order chi connectivity index (χ0) is 13.9. The monoisotopic (exact) mass is 294 g/mol. The van der Waals surface area contributed by atoms with E-state index in [2.05, 4.69) is 0 Å². The van der Waals surface area contributed by atoms with E-state index >= 15 is 0 Å². The van der Waals surface area contributed by atoms with Gasteiger partial charge in [-0.1, -0.05) is 0 Å². The van der Waals surface area contributed by atoms with Gasteiger partial charge in [-0.15, -0.1) is 0 Å². The van der Waals surface area contributed by atoms with Crippen molar-refractivity contribution in [2.45, 2.75) is 11.3 Å². The van der Waals surface area contributed by atoms with Crippen molar-refractivity contribution in [3.05, 3.63) is 17.7 Å². The first-order valence-corrected chi connectivity index (χ1v) is 7.02. The first-order chi connectivity index (χ1) is 8.29. The SMILES string of the molecule is COc1cc(OC)c(S(=O)(=O)Cl)cc1CC(=O)O. The van der Waals surface area contributed by atoms with E-state index in [9.17, 15) is 13.2 Å². The molecule has 100 valence electrons. The number of carboxylic acid groups (broad SMARTS) is 1. The molecule has 1 aromatic carbocycles. The summed E-state index contributed by atoms with van der Waals surface area (Å²) in [6, 6.07) is 2.42. The number of methoxy groups -OCH3 is 2. The fraction of sp³-hybridized carbons (Fsp3) is 0.300. The lowest BCUT2D eigenvalue weighted by molar-refractivity contribution is -0.136. The van der Waals surface area contributed by atoms with Crippen molar-refractivity contribution < 1.29 is 27.8 Å². The second kappa shape index (κ2) is 5.45. The molecule has 6 nitrogen and oxygen atoms in total. The maximum atomic E-state index is 11.3. The normalized spacial score (nSPS) is 11.1. The number of hydrogen-bond donors (Lipinski definition) is 1. The molecule has 0 unspecified atom stereocenters. The molecule has 0 aromatic heterocycles. The Labute approximate surface area is 109 Å². The van der Waals surface area contributed by atoms with Crippen LogP contribution in [0, 0.1) is 0 Å². The van der Waals surface area contributed by atoms with E-state index < -0.39 is 15.0 Å². The van der Waals surface area contributed by atoms with Crippen LogP contribution in [0.3, 0.4) is 0 Å². The lowest BCUT2D eigenvalue weighted by Gasteiger charge is -2.12. The highest BCUT2D eigenvalue weighted by molar-refractivity contribution is 8.13. The number of carboxylic acids is 1. The zero-order valence-electron chi connectivity index (χ0n) is 9.64. The summed E-state index contributed by atoms with van der Waals surface area (Å²) in [4.78, 5) is 10.4. The molecule has 0 bridgehead atoms. The lowest BCUT2D eigenvalue weighted by atomic mass is 10.1. The van der Waals surface area contributed by atoms with Gasteiger partial charge in [-0.2, -0.15) is 0 Å². The molecule has 0 saturated carbocycles. The second-order valence-electron chi connectivity index (χ2n) is 3.32. The third-order valence-corrected chi connectivity index (χ3v) is 3.51. The maximum Gasteiger partial charge on any atom is 0.307 e. The summed E-state index contributed by atoms with van der Waals surface area (Å²) in [6.07, 6.45) is -0.382. The molecule has 8 heteroatoms. The van der Waals surface area contributed by atoms with Gasteiger partial charge in [-0.3, -0.25) is 4.79 Å². The van der Waals surface area contributed by atoms with E-state index in [1.54, 1.807) is 0 Å². The molecule has 0 radical (unpaired) electrons. The molecular weight excluding hydrogens is 284 g/mol. The highest BCUT2D eigenvalue weighted by Crippen LogP contribution is 2.34. The Kier molecular flexibility index (Phi) is 4.42. The van der Waals surface area contributed by atoms with Crippen molar-refractivity contribution in [2.24, 2.45) is 0 Å². The Bertz CT molecular complexity index is 566. The van der Waals surface area contributed by atoms with Crippen molar-refractivity contribution in [3.8, 4) is 11.5 Å². The first kappa shape index (κ1) is 14.6. The molecule has 0 atom stereocenters. The molecule has 0 saturated heterocycles. The van der Waals surface area contributed by atoms with Crippen LogP contribution in [-0.2, 0) is 20.3 Å². The summed E-state index contributed by atoms with van der Waals surface area (Å²) in [6.45, 7) is 0. The molecule has 0 spiro atoms. The molecule has 1 N–H and O–H groups in total. The fourth-order valence-corrected chi connectivity index (χ4v) is 2.45. The van der Waals surface area contributed by atoms with Gasteiger partial charge in [0, 0.05) is 22.3 Å². The Balaban J connectivity index is 3.48. The highest BCUT2D eigenvalue weighted by atomic mass is 35.7. The number of halogens is 1. The van der Waals surface area contributed by atoms with Gasteiger partial charge in [0.25, 0.3) is 9.05 Å². The van der Waals surface area contributed by atoms with Crippen LogP contribution in [0.2, 0.25) is 0 Å². The highest BCUT2D eigenvalue weighted by Gasteiger charge is 2.21. The van der Waals surface area contributed by atoms with E-state index in [1.807, 2.05) is 0 Å². The van der Waals surface area contributed by atoms with Crippen molar-refractivity contribution >= 4 is 25.7 Å². The van der Waals surface area contributed by atoms with Gasteiger partial charge in [0.1, 0.15) is 16.4 Å². The molecule has 0 heterocycles. The molecule has 0 amide bonds. The van der Waals surface area contributed by atoms with Crippen LogP contribution in [0.25, 0.3) is 0 Å². The van der Waals surface area contributed by atoms with E-state index in [0.29, 0.717) is 0 Å². The first-order valence-electron chi connectivity index (χ1n) is 4.71. The Morgan fingerprint density at radius 2 is 1.83 bits per heavy atom. The van der Waals surface area contributed by atoms with Crippen LogP contribution in [0.4, 0.5) is 0 Å². The van der Waals surface area contributed by atoms with Gasteiger partial charge in [-0.05, 0) is 6.07 Å². The molecule has 1 aromatic rings. The van der Waals surface area contributed by atoms with Crippen LogP contribution in [0.15, 0.2) is 17.0 Å². The molecule has 18 heavy (non-hydrogen) atoms. The largest absolute Gasteiger partial charge is 0.496 e. The third kappa shape index (κ3) is 3.27. The summed E-state index contributed by atoms with van der Waals surface area (Å²) < 4.78 is 32.6. The summed E-state index contributed by atoms with van der Waals surface area (Å²) in [5.74, 6) is -0.898. The smallest absolute Gasteiger partial charge is 0.307 e. The number of hydrogen-bond acceptors (Lipinski definition) is 5. The van der Waals surface area contributed by atoms with Crippen molar-refractivity contribution in [3.63, 3.8) is 0 Å². The standard InChI is InChI=1S/C10H11ClO6S/c1-16-7-5-8(17-2)9(18(11,14)15)3-6(7)4-10(12)13/h3,5H,4H2,1-2H3,(H,12,13). The van der Waals surface area contributed by atoms with Crippen LogP contribution in [-0.4, -0.2) is 33.7 Å². The average molecular weight is 295 g/mol. The Morgan fingerprint density at radius 3 is 2.22 bits per heavy atom. The third-order valence-electron chi connectivity index (χ3n) is 2.17. The van der Waals surface area contributed by atoms with E-state index in [4.69, 9.17) is 25.3 Å². The number of rotatable bonds is 5. The maximum absolute atomic E-state index is 11.3. The summed E-state index contributed by atoms with van der Waals surface area (Å²) >= 11 is 0. The lowest BCUT2D eigenvalue weighted by Crippen LogP contribution is -2.05. The molecule has 0 aliphatic rings. The molecule has 0 fully saturated rings. The molecular formula is C10H11ClO6S.